The molecule has 0 aliphatic rings. The van der Waals surface area contributed by atoms with Crippen molar-refractivity contribution >= 4 is 11.6 Å². The van der Waals surface area contributed by atoms with Crippen molar-refractivity contribution in [3.63, 3.8) is 0 Å². The van der Waals surface area contributed by atoms with E-state index < -0.39 is 16.6 Å². The molecule has 0 aliphatic heterocycles. The minimum absolute atomic E-state index is 0.454. The molecule has 1 rings (SSSR count). The zero-order chi connectivity index (χ0) is 9.14. The van der Waals surface area contributed by atoms with Gasteiger partial charge in [0.25, 0.3) is 5.82 Å². The molecule has 0 saturated carbocycles. The predicted octanol–water partition coefficient (Wildman–Crippen LogP) is -0.158. The van der Waals surface area contributed by atoms with Gasteiger partial charge in [0.15, 0.2) is 0 Å². The van der Waals surface area contributed by atoms with Crippen LogP contribution in [-0.4, -0.2) is 20.0 Å². The predicted molar refractivity (Wildman–Crippen MR) is 35.6 cm³/mol. The second-order valence-electron chi connectivity index (χ2n) is 1.61. The molecule has 0 radical (unpaired) electrons. The molecule has 0 unspecified atom stereocenters. The molecular formula is C2H2N8O2. The quantitative estimate of drug-likeness (QED) is 0.163. The van der Waals surface area contributed by atoms with Crippen LogP contribution in [0.25, 0.3) is 10.4 Å². The summed E-state index contributed by atoms with van der Waals surface area (Å²) in [5.41, 5.74) is 7.95. The highest BCUT2D eigenvalue weighted by molar-refractivity contribution is 5.43. The molecule has 0 aromatic carbocycles. The summed E-state index contributed by atoms with van der Waals surface area (Å²) in [6, 6.07) is 0. The van der Waals surface area contributed by atoms with Crippen molar-refractivity contribution in [2.45, 2.75) is 0 Å². The van der Waals surface area contributed by atoms with E-state index >= 15 is 0 Å². The summed E-state index contributed by atoms with van der Waals surface area (Å²) in [5.74, 6) is 3.83. The van der Waals surface area contributed by atoms with Crippen molar-refractivity contribution in [3.8, 4) is 0 Å². The number of aromatic nitrogens is 3. The molecule has 10 nitrogen and oxygen atoms in total. The molecule has 1 aromatic rings. The van der Waals surface area contributed by atoms with Crippen molar-refractivity contribution < 1.29 is 4.92 Å². The van der Waals surface area contributed by atoms with Gasteiger partial charge in [0, 0.05) is 9.82 Å². The van der Waals surface area contributed by atoms with Gasteiger partial charge in [0.2, 0.25) is 0 Å². The van der Waals surface area contributed by atoms with E-state index in [9.17, 15) is 10.1 Å². The number of nitro groups is 1. The van der Waals surface area contributed by atoms with Crippen LogP contribution in [0.15, 0.2) is 5.11 Å². The first-order valence-corrected chi connectivity index (χ1v) is 2.57. The van der Waals surface area contributed by atoms with Crippen molar-refractivity contribution in [2.24, 2.45) is 5.11 Å². The lowest BCUT2D eigenvalue weighted by atomic mass is 10.7. The SMILES string of the molecule is [N-]=[N+]=Nc1nn(N)nc1[N+](=O)[O-]. The van der Waals surface area contributed by atoms with Crippen molar-refractivity contribution in [3.05, 3.63) is 20.6 Å². The second kappa shape index (κ2) is 2.72. The summed E-state index contributed by atoms with van der Waals surface area (Å²) in [6.45, 7) is 0. The summed E-state index contributed by atoms with van der Waals surface area (Å²) in [4.78, 5) is 12.1. The lowest BCUT2D eigenvalue weighted by Crippen LogP contribution is -2.11. The number of hydrogen-bond donors (Lipinski definition) is 1. The summed E-state index contributed by atoms with van der Waals surface area (Å²) in [5, 5.41) is 19.5. The highest BCUT2D eigenvalue weighted by Crippen LogP contribution is 2.20. The van der Waals surface area contributed by atoms with Crippen LogP contribution in [0, 0.1) is 10.1 Å². The molecule has 62 valence electrons. The van der Waals surface area contributed by atoms with E-state index in [1.165, 1.54) is 0 Å². The molecule has 0 spiro atoms. The fraction of sp³-hybridized carbons (Fsp3) is 0. The van der Waals surface area contributed by atoms with Crippen LogP contribution in [0.3, 0.4) is 0 Å². The van der Waals surface area contributed by atoms with Gasteiger partial charge in [0.05, 0.1) is 0 Å². The van der Waals surface area contributed by atoms with Gasteiger partial charge in [-0.3, -0.25) is 5.84 Å². The maximum absolute atomic E-state index is 10.2. The molecule has 12 heavy (non-hydrogen) atoms. The zero-order valence-corrected chi connectivity index (χ0v) is 5.52. The number of rotatable bonds is 2. The lowest BCUT2D eigenvalue weighted by molar-refractivity contribution is -0.389. The Morgan fingerprint density at radius 1 is 1.75 bits per heavy atom. The summed E-state index contributed by atoms with van der Waals surface area (Å²) < 4.78 is 0. The molecule has 0 bridgehead atoms. The van der Waals surface area contributed by atoms with Crippen LogP contribution in [0.4, 0.5) is 11.6 Å². The topological polar surface area (TPSA) is 149 Å². The third-order valence-corrected chi connectivity index (χ3v) is 0.907. The minimum Gasteiger partial charge on any atom is -0.358 e. The lowest BCUT2D eigenvalue weighted by Gasteiger charge is -1.83. The van der Waals surface area contributed by atoms with Gasteiger partial charge in [-0.1, -0.05) is 0 Å². The molecule has 2 N–H and O–H groups in total. The Bertz CT molecular complexity index is 340. The average Bonchev–Trinajstić information content (AvgIpc) is 2.32. The molecule has 0 atom stereocenters. The maximum atomic E-state index is 10.2. The average molecular weight is 170 g/mol. The zero-order valence-electron chi connectivity index (χ0n) is 5.52. The van der Waals surface area contributed by atoms with E-state index in [1.807, 2.05) is 0 Å². The van der Waals surface area contributed by atoms with Crippen LogP contribution in [0.1, 0.15) is 0 Å². The Hall–Kier alpha value is -2.35. The summed E-state index contributed by atoms with van der Waals surface area (Å²) in [6.07, 6.45) is 0. The third kappa shape index (κ3) is 1.22. The number of nitrogens with two attached hydrogens (primary N) is 1. The van der Waals surface area contributed by atoms with Crippen molar-refractivity contribution in [2.75, 3.05) is 5.84 Å². The maximum Gasteiger partial charge on any atom is 0.422 e. The van der Waals surface area contributed by atoms with E-state index in [0.717, 1.165) is 0 Å². The molecule has 0 amide bonds. The third-order valence-electron chi connectivity index (χ3n) is 0.907. The second-order valence-corrected chi connectivity index (χ2v) is 1.61. The first-order chi connectivity index (χ1) is 5.65. The summed E-state index contributed by atoms with van der Waals surface area (Å²) >= 11 is 0. The number of nitrogen functional groups attached to an aromatic ring is 1. The summed E-state index contributed by atoms with van der Waals surface area (Å²) in [7, 11) is 0. The highest BCUT2D eigenvalue weighted by Gasteiger charge is 2.20. The van der Waals surface area contributed by atoms with Gasteiger partial charge in [-0.25, -0.2) is 0 Å². The van der Waals surface area contributed by atoms with Crippen molar-refractivity contribution in [1.29, 1.82) is 0 Å². The number of hydrogen-bond acceptors (Lipinski definition) is 6. The number of azide groups is 1. The Balaban J connectivity index is 3.25. The van der Waals surface area contributed by atoms with E-state index in [1.54, 1.807) is 0 Å². The van der Waals surface area contributed by atoms with Crippen LogP contribution >= 0.6 is 0 Å². The fourth-order valence-corrected chi connectivity index (χ4v) is 0.531. The Kier molecular flexibility index (Phi) is 1.76. The molecule has 1 heterocycles. The highest BCUT2D eigenvalue weighted by atomic mass is 16.6. The molecular weight excluding hydrogens is 168 g/mol. The molecule has 0 fully saturated rings. The van der Waals surface area contributed by atoms with Gasteiger partial charge < -0.3 is 10.1 Å². The van der Waals surface area contributed by atoms with Crippen LogP contribution in [0.5, 0.6) is 0 Å². The molecule has 0 saturated heterocycles. The van der Waals surface area contributed by atoms with E-state index in [-0.39, 0.29) is 0 Å². The van der Waals surface area contributed by atoms with Gasteiger partial charge in [-0.2, -0.15) is 0 Å². The first kappa shape index (κ1) is 7.75. The van der Waals surface area contributed by atoms with Gasteiger partial charge in [0.1, 0.15) is 5.10 Å². The van der Waals surface area contributed by atoms with Gasteiger partial charge in [-0.05, 0) is 15.6 Å². The normalized spacial score (nSPS) is 9.00. The van der Waals surface area contributed by atoms with E-state index in [0.29, 0.717) is 4.91 Å². The van der Waals surface area contributed by atoms with Crippen LogP contribution in [-0.2, 0) is 0 Å². The number of nitrogens with zero attached hydrogens (tertiary/aromatic N) is 7. The standard InChI is InChI=1S/C2H2N8O2/c3-8-5-1-2(9(11)12)7-10(4)6-1/h4H2. The molecule has 1 aromatic heterocycles. The van der Waals surface area contributed by atoms with Crippen molar-refractivity contribution in [1.82, 2.24) is 15.1 Å². The van der Waals surface area contributed by atoms with Crippen LogP contribution in [0.2, 0.25) is 0 Å². The smallest absolute Gasteiger partial charge is 0.358 e. The van der Waals surface area contributed by atoms with Gasteiger partial charge in [-0.15, -0.1) is 5.10 Å². The fourth-order valence-electron chi connectivity index (χ4n) is 0.531. The van der Waals surface area contributed by atoms with E-state index in [2.05, 4.69) is 20.2 Å². The minimum atomic E-state index is -0.847. The molecule has 10 heteroatoms. The van der Waals surface area contributed by atoms with E-state index in [4.69, 9.17) is 11.4 Å². The monoisotopic (exact) mass is 170 g/mol. The van der Waals surface area contributed by atoms with Crippen LogP contribution < -0.4 is 5.84 Å². The largest absolute Gasteiger partial charge is 0.422 e. The Labute approximate surface area is 64.3 Å². The molecule has 0 aliphatic carbocycles. The Morgan fingerprint density at radius 3 is 2.92 bits per heavy atom. The van der Waals surface area contributed by atoms with Gasteiger partial charge >= 0.3 is 5.82 Å². The Morgan fingerprint density at radius 2 is 2.42 bits per heavy atom. The first-order valence-electron chi connectivity index (χ1n) is 2.57.